The van der Waals surface area contributed by atoms with Crippen molar-refractivity contribution in [3.8, 4) is 5.75 Å². The van der Waals surface area contributed by atoms with Crippen LogP contribution in [0.2, 0.25) is 0 Å². The molecule has 0 radical (unpaired) electrons. The van der Waals surface area contributed by atoms with Crippen molar-refractivity contribution in [3.05, 3.63) is 29.8 Å². The van der Waals surface area contributed by atoms with Crippen LogP contribution in [0.4, 0.5) is 0 Å². The number of rotatable bonds is 8. The summed E-state index contributed by atoms with van der Waals surface area (Å²) in [5, 5.41) is 12.5. The second kappa shape index (κ2) is 8.11. The fourth-order valence-electron chi connectivity index (χ4n) is 1.99. The summed E-state index contributed by atoms with van der Waals surface area (Å²) in [6.45, 7) is 5.55. The Morgan fingerprint density at radius 2 is 1.94 bits per heavy atom. The lowest BCUT2D eigenvalue weighted by atomic mass is 10.0. The molecule has 0 saturated carbocycles. The van der Waals surface area contributed by atoms with Crippen LogP contribution in [0.15, 0.2) is 24.3 Å². The first-order chi connectivity index (χ1) is 8.71. The number of aliphatic hydroxyl groups excluding tert-OH is 1. The zero-order valence-electron chi connectivity index (χ0n) is 11.6. The molecule has 0 aromatic heterocycles. The highest BCUT2D eigenvalue weighted by Crippen LogP contribution is 2.18. The van der Waals surface area contributed by atoms with Crippen LogP contribution in [0.1, 0.15) is 38.3 Å². The van der Waals surface area contributed by atoms with Crippen molar-refractivity contribution in [2.24, 2.45) is 5.92 Å². The summed E-state index contributed by atoms with van der Waals surface area (Å²) in [6, 6.07) is 8.47. The number of hydrogen-bond donors (Lipinski definition) is 2. The monoisotopic (exact) mass is 251 g/mol. The topological polar surface area (TPSA) is 41.5 Å². The minimum atomic E-state index is 0.275. The summed E-state index contributed by atoms with van der Waals surface area (Å²) >= 11 is 0. The van der Waals surface area contributed by atoms with E-state index in [-0.39, 0.29) is 6.61 Å². The third kappa shape index (κ3) is 4.67. The molecule has 3 heteroatoms. The van der Waals surface area contributed by atoms with E-state index in [0.717, 1.165) is 25.1 Å². The second-order valence-corrected chi connectivity index (χ2v) is 4.69. The maximum atomic E-state index is 8.97. The van der Waals surface area contributed by atoms with Crippen LogP contribution in [0, 0.1) is 5.92 Å². The first-order valence-electron chi connectivity index (χ1n) is 6.69. The highest BCUT2D eigenvalue weighted by atomic mass is 16.5. The molecular weight excluding hydrogens is 226 g/mol. The van der Waals surface area contributed by atoms with Gasteiger partial charge in [-0.1, -0.05) is 25.5 Å². The maximum absolute atomic E-state index is 8.97. The Labute approximate surface area is 110 Å². The summed E-state index contributed by atoms with van der Waals surface area (Å²) in [5.74, 6) is 1.44. The molecular formula is C15H25NO2. The largest absolute Gasteiger partial charge is 0.497 e. The van der Waals surface area contributed by atoms with Crippen LogP contribution in [-0.2, 0) is 0 Å². The SMILES string of the molecule is CCC(CCO)CNC(C)c1ccc(OC)cc1. The van der Waals surface area contributed by atoms with Crippen molar-refractivity contribution in [1.29, 1.82) is 0 Å². The lowest BCUT2D eigenvalue weighted by molar-refractivity contribution is 0.249. The van der Waals surface area contributed by atoms with Gasteiger partial charge in [-0.3, -0.25) is 0 Å². The molecule has 1 aromatic carbocycles. The molecule has 0 bridgehead atoms. The van der Waals surface area contributed by atoms with E-state index in [4.69, 9.17) is 9.84 Å². The van der Waals surface area contributed by atoms with Gasteiger partial charge in [0.25, 0.3) is 0 Å². The number of hydrogen-bond acceptors (Lipinski definition) is 3. The molecule has 2 unspecified atom stereocenters. The summed E-state index contributed by atoms with van der Waals surface area (Å²) in [5.41, 5.74) is 1.26. The van der Waals surface area contributed by atoms with Crippen molar-refractivity contribution in [3.63, 3.8) is 0 Å². The Morgan fingerprint density at radius 1 is 1.28 bits per heavy atom. The molecule has 3 nitrogen and oxygen atoms in total. The first kappa shape index (κ1) is 15.0. The van der Waals surface area contributed by atoms with Crippen LogP contribution >= 0.6 is 0 Å². The number of ether oxygens (including phenoxy) is 1. The molecule has 0 spiro atoms. The molecule has 0 heterocycles. The molecule has 102 valence electrons. The van der Waals surface area contributed by atoms with E-state index in [1.807, 2.05) is 12.1 Å². The van der Waals surface area contributed by atoms with Crippen molar-refractivity contribution in [2.45, 2.75) is 32.7 Å². The average Bonchev–Trinajstić information content (AvgIpc) is 2.43. The summed E-state index contributed by atoms with van der Waals surface area (Å²) in [7, 11) is 1.68. The predicted molar refractivity (Wildman–Crippen MR) is 74.9 cm³/mol. The fourth-order valence-corrected chi connectivity index (χ4v) is 1.99. The quantitative estimate of drug-likeness (QED) is 0.746. The Morgan fingerprint density at radius 3 is 2.44 bits per heavy atom. The fraction of sp³-hybridized carbons (Fsp3) is 0.600. The van der Waals surface area contributed by atoms with Crippen LogP contribution in [-0.4, -0.2) is 25.4 Å². The third-order valence-corrected chi connectivity index (χ3v) is 3.44. The molecule has 0 amide bonds. The highest BCUT2D eigenvalue weighted by Gasteiger charge is 2.09. The Hall–Kier alpha value is -1.06. The molecule has 2 N–H and O–H groups in total. The zero-order chi connectivity index (χ0) is 13.4. The standard InChI is InChI=1S/C15H25NO2/c1-4-13(9-10-17)11-16-12(2)14-5-7-15(18-3)8-6-14/h5-8,12-13,16-17H,4,9-11H2,1-3H3. The van der Waals surface area contributed by atoms with Crippen molar-refractivity contribution in [2.75, 3.05) is 20.3 Å². The van der Waals surface area contributed by atoms with Crippen LogP contribution in [0.3, 0.4) is 0 Å². The Kier molecular flexibility index (Phi) is 6.76. The normalized spacial score (nSPS) is 14.2. The van der Waals surface area contributed by atoms with E-state index < -0.39 is 0 Å². The summed E-state index contributed by atoms with van der Waals surface area (Å²) < 4.78 is 5.15. The van der Waals surface area contributed by atoms with Crippen molar-refractivity contribution >= 4 is 0 Å². The smallest absolute Gasteiger partial charge is 0.118 e. The lowest BCUT2D eigenvalue weighted by Gasteiger charge is -2.19. The molecule has 0 saturated heterocycles. The van der Waals surface area contributed by atoms with Gasteiger partial charge in [-0.2, -0.15) is 0 Å². The maximum Gasteiger partial charge on any atom is 0.118 e. The van der Waals surface area contributed by atoms with E-state index >= 15 is 0 Å². The van der Waals surface area contributed by atoms with Gasteiger partial charge in [0.1, 0.15) is 5.75 Å². The van der Waals surface area contributed by atoms with E-state index in [2.05, 4.69) is 31.3 Å². The van der Waals surface area contributed by atoms with Gasteiger partial charge < -0.3 is 15.2 Å². The van der Waals surface area contributed by atoms with Gasteiger partial charge in [-0.25, -0.2) is 0 Å². The third-order valence-electron chi connectivity index (χ3n) is 3.44. The summed E-state index contributed by atoms with van der Waals surface area (Å²) in [6.07, 6.45) is 1.97. The van der Waals surface area contributed by atoms with Crippen molar-refractivity contribution < 1.29 is 9.84 Å². The first-order valence-corrected chi connectivity index (χ1v) is 6.69. The van der Waals surface area contributed by atoms with Crippen LogP contribution in [0.5, 0.6) is 5.75 Å². The highest BCUT2D eigenvalue weighted by molar-refractivity contribution is 5.28. The van der Waals surface area contributed by atoms with Crippen molar-refractivity contribution in [1.82, 2.24) is 5.32 Å². The molecule has 0 aliphatic heterocycles. The van der Waals surface area contributed by atoms with E-state index in [1.54, 1.807) is 7.11 Å². The zero-order valence-corrected chi connectivity index (χ0v) is 11.6. The second-order valence-electron chi connectivity index (χ2n) is 4.69. The van der Waals surface area contributed by atoms with Gasteiger partial charge in [0.2, 0.25) is 0 Å². The minimum absolute atomic E-state index is 0.275. The van der Waals surface area contributed by atoms with Gasteiger partial charge in [-0.05, 0) is 43.5 Å². The average molecular weight is 251 g/mol. The molecule has 1 aromatic rings. The van der Waals surface area contributed by atoms with Crippen LogP contribution < -0.4 is 10.1 Å². The van der Waals surface area contributed by atoms with E-state index in [1.165, 1.54) is 5.56 Å². The van der Waals surface area contributed by atoms with Crippen LogP contribution in [0.25, 0.3) is 0 Å². The van der Waals surface area contributed by atoms with Gasteiger partial charge in [0.05, 0.1) is 7.11 Å². The Bertz CT molecular complexity index is 324. The molecule has 2 atom stereocenters. The molecule has 0 aliphatic rings. The predicted octanol–water partition coefficient (Wildman–Crippen LogP) is 2.75. The molecule has 0 fully saturated rings. The van der Waals surface area contributed by atoms with Gasteiger partial charge in [-0.15, -0.1) is 0 Å². The number of methoxy groups -OCH3 is 1. The van der Waals surface area contributed by atoms with E-state index in [0.29, 0.717) is 12.0 Å². The minimum Gasteiger partial charge on any atom is -0.497 e. The number of aliphatic hydroxyl groups is 1. The Balaban J connectivity index is 2.45. The van der Waals surface area contributed by atoms with E-state index in [9.17, 15) is 0 Å². The number of nitrogens with one attached hydrogen (secondary N) is 1. The lowest BCUT2D eigenvalue weighted by Crippen LogP contribution is -2.26. The number of benzene rings is 1. The van der Waals surface area contributed by atoms with Gasteiger partial charge in [0, 0.05) is 12.6 Å². The molecule has 0 aliphatic carbocycles. The summed E-state index contributed by atoms with van der Waals surface area (Å²) in [4.78, 5) is 0. The molecule has 18 heavy (non-hydrogen) atoms. The molecule has 1 rings (SSSR count). The van der Waals surface area contributed by atoms with Gasteiger partial charge in [0.15, 0.2) is 0 Å². The van der Waals surface area contributed by atoms with Gasteiger partial charge >= 0.3 is 0 Å².